The fourth-order valence-electron chi connectivity index (χ4n) is 2.78. The van der Waals surface area contributed by atoms with Crippen molar-refractivity contribution in [1.29, 1.82) is 0 Å². The maximum atomic E-state index is 12.2. The highest BCUT2D eigenvalue weighted by Gasteiger charge is 2.23. The lowest BCUT2D eigenvalue weighted by Crippen LogP contribution is -2.38. The molecule has 1 saturated heterocycles. The van der Waals surface area contributed by atoms with E-state index < -0.39 is 0 Å². The molecule has 0 radical (unpaired) electrons. The third-order valence-electron chi connectivity index (χ3n) is 3.82. The lowest BCUT2D eigenvalue weighted by Gasteiger charge is -2.23. The Morgan fingerprint density at radius 3 is 2.50 bits per heavy atom. The van der Waals surface area contributed by atoms with Crippen LogP contribution in [0.25, 0.3) is 0 Å². The molecule has 1 aliphatic heterocycles. The highest BCUT2D eigenvalue weighted by atomic mass is 16.2. The van der Waals surface area contributed by atoms with Gasteiger partial charge in [0.25, 0.3) is 0 Å². The Hall–Kier alpha value is -1.72. The van der Waals surface area contributed by atoms with Crippen LogP contribution in [-0.2, 0) is 11.8 Å². The van der Waals surface area contributed by atoms with Gasteiger partial charge in [0.2, 0.25) is 5.91 Å². The normalized spacial score (nSPS) is 15.2. The van der Waals surface area contributed by atoms with Gasteiger partial charge in [-0.25, -0.2) is 0 Å². The molecule has 1 fully saturated rings. The molecular formula is C14H25N5O. The van der Waals surface area contributed by atoms with Gasteiger partial charge in [0.15, 0.2) is 5.82 Å². The van der Waals surface area contributed by atoms with E-state index >= 15 is 0 Å². The van der Waals surface area contributed by atoms with Crippen LogP contribution in [0.1, 0.15) is 38.3 Å². The van der Waals surface area contributed by atoms with Crippen molar-refractivity contribution >= 4 is 17.4 Å². The summed E-state index contributed by atoms with van der Waals surface area (Å²) in [7, 11) is 3.76. The van der Waals surface area contributed by atoms with E-state index in [-0.39, 0.29) is 11.8 Å². The number of aryl methyl sites for hydroxylation is 1. The van der Waals surface area contributed by atoms with E-state index in [1.807, 2.05) is 23.9 Å². The van der Waals surface area contributed by atoms with Gasteiger partial charge in [-0.05, 0) is 18.8 Å². The Morgan fingerprint density at radius 1 is 1.40 bits per heavy atom. The predicted molar refractivity (Wildman–Crippen MR) is 80.8 cm³/mol. The smallest absolute Gasteiger partial charge is 0.242 e. The van der Waals surface area contributed by atoms with Crippen LogP contribution < -0.4 is 10.6 Å². The molecule has 0 spiro atoms. The second-order valence-corrected chi connectivity index (χ2v) is 5.84. The van der Waals surface area contributed by atoms with Crippen LogP contribution in [0.5, 0.6) is 0 Å². The molecule has 6 nitrogen and oxygen atoms in total. The van der Waals surface area contributed by atoms with E-state index in [0.717, 1.165) is 37.4 Å². The van der Waals surface area contributed by atoms with Crippen molar-refractivity contribution < 1.29 is 4.79 Å². The summed E-state index contributed by atoms with van der Waals surface area (Å²) in [6, 6.07) is 0. The fraction of sp³-hybridized carbons (Fsp3) is 0.714. The average molecular weight is 279 g/mol. The van der Waals surface area contributed by atoms with E-state index in [1.54, 1.807) is 4.68 Å². The van der Waals surface area contributed by atoms with Gasteiger partial charge < -0.3 is 15.5 Å². The van der Waals surface area contributed by atoms with Crippen molar-refractivity contribution in [3.63, 3.8) is 0 Å². The van der Waals surface area contributed by atoms with Gasteiger partial charge in [0.05, 0.1) is 17.9 Å². The summed E-state index contributed by atoms with van der Waals surface area (Å²) in [5.41, 5.74) is 7.76. The van der Waals surface area contributed by atoms with Crippen LogP contribution in [0.2, 0.25) is 0 Å². The molecule has 0 aliphatic carbocycles. The zero-order valence-electron chi connectivity index (χ0n) is 12.9. The minimum Gasteiger partial charge on any atom is -0.394 e. The average Bonchev–Trinajstić information content (AvgIpc) is 2.97. The van der Waals surface area contributed by atoms with Crippen LogP contribution in [-0.4, -0.2) is 47.3 Å². The van der Waals surface area contributed by atoms with Gasteiger partial charge in [0.1, 0.15) is 0 Å². The van der Waals surface area contributed by atoms with Gasteiger partial charge >= 0.3 is 0 Å². The van der Waals surface area contributed by atoms with Crippen LogP contribution in [0.4, 0.5) is 11.5 Å². The molecule has 0 aromatic carbocycles. The number of rotatable bonds is 4. The molecule has 0 unspecified atom stereocenters. The lowest BCUT2D eigenvalue weighted by molar-refractivity contribution is -0.128. The molecule has 0 bridgehead atoms. The third-order valence-corrected chi connectivity index (χ3v) is 3.82. The number of nitrogen functional groups attached to an aromatic ring is 1. The Bertz CT molecular complexity index is 488. The number of anilines is 2. The third kappa shape index (κ3) is 2.73. The van der Waals surface area contributed by atoms with Gasteiger partial charge in [-0.15, -0.1) is 0 Å². The molecule has 2 rings (SSSR count). The van der Waals surface area contributed by atoms with Crippen LogP contribution in [0.15, 0.2) is 0 Å². The number of aromatic nitrogens is 2. The molecule has 6 heteroatoms. The van der Waals surface area contributed by atoms with Gasteiger partial charge in [-0.2, -0.15) is 5.10 Å². The molecule has 1 aromatic rings. The molecule has 2 N–H and O–H groups in total. The monoisotopic (exact) mass is 279 g/mol. The van der Waals surface area contributed by atoms with Gasteiger partial charge in [0, 0.05) is 27.2 Å². The summed E-state index contributed by atoms with van der Waals surface area (Å²) < 4.78 is 1.77. The second kappa shape index (κ2) is 5.73. The number of amides is 1. The predicted octanol–water partition coefficient (Wildman–Crippen LogP) is 1.18. The Balaban J connectivity index is 2.12. The van der Waals surface area contributed by atoms with E-state index in [4.69, 9.17) is 5.73 Å². The van der Waals surface area contributed by atoms with Crippen molar-refractivity contribution in [1.82, 2.24) is 14.7 Å². The first-order valence-corrected chi connectivity index (χ1v) is 7.23. The molecule has 0 atom stereocenters. The molecule has 20 heavy (non-hydrogen) atoms. The summed E-state index contributed by atoms with van der Waals surface area (Å²) in [5.74, 6) is 1.26. The fourth-order valence-corrected chi connectivity index (χ4v) is 2.78. The zero-order chi connectivity index (χ0) is 14.9. The summed E-state index contributed by atoms with van der Waals surface area (Å²) in [5, 5.41) is 4.46. The van der Waals surface area contributed by atoms with Crippen LogP contribution >= 0.6 is 0 Å². The summed E-state index contributed by atoms with van der Waals surface area (Å²) in [6.45, 7) is 6.24. The standard InChI is InChI=1S/C14H25N5O/c1-10(2)13-12(15)14(18(4)16-13)17(3)9-11(20)19-7-5-6-8-19/h10H,5-9,15H2,1-4H3. The number of hydrogen-bond donors (Lipinski definition) is 1. The van der Waals surface area contributed by atoms with Crippen LogP contribution in [0, 0.1) is 0 Å². The van der Waals surface area contributed by atoms with E-state index in [2.05, 4.69) is 18.9 Å². The first-order valence-electron chi connectivity index (χ1n) is 7.23. The SMILES string of the molecule is CC(C)c1nn(C)c(N(C)CC(=O)N2CCCC2)c1N. The number of nitrogens with two attached hydrogens (primary N) is 1. The molecular weight excluding hydrogens is 254 g/mol. The molecule has 1 aromatic heterocycles. The quantitative estimate of drug-likeness (QED) is 0.899. The van der Waals surface area contributed by atoms with Crippen molar-refractivity contribution in [2.45, 2.75) is 32.6 Å². The Labute approximate surface area is 120 Å². The number of nitrogens with zero attached hydrogens (tertiary/aromatic N) is 4. The van der Waals surface area contributed by atoms with Crippen molar-refractivity contribution in [2.75, 3.05) is 37.3 Å². The Kier molecular flexibility index (Phi) is 4.20. The van der Waals surface area contributed by atoms with Crippen molar-refractivity contribution in [2.24, 2.45) is 7.05 Å². The van der Waals surface area contributed by atoms with E-state index in [9.17, 15) is 4.79 Å². The first-order chi connectivity index (χ1) is 9.41. The number of hydrogen-bond acceptors (Lipinski definition) is 4. The van der Waals surface area contributed by atoms with Gasteiger partial charge in [-0.3, -0.25) is 9.48 Å². The number of carbonyl (C=O) groups is 1. The number of carbonyl (C=O) groups excluding carboxylic acids is 1. The maximum absolute atomic E-state index is 12.2. The summed E-state index contributed by atoms with van der Waals surface area (Å²) >= 11 is 0. The zero-order valence-corrected chi connectivity index (χ0v) is 12.9. The van der Waals surface area contributed by atoms with Gasteiger partial charge in [-0.1, -0.05) is 13.8 Å². The highest BCUT2D eigenvalue weighted by molar-refractivity contribution is 5.82. The number of likely N-dealkylation sites (tertiary alicyclic amines) is 1. The summed E-state index contributed by atoms with van der Waals surface area (Å²) in [4.78, 5) is 16.0. The molecule has 2 heterocycles. The minimum absolute atomic E-state index is 0.164. The second-order valence-electron chi connectivity index (χ2n) is 5.84. The summed E-state index contributed by atoms with van der Waals surface area (Å²) in [6.07, 6.45) is 2.22. The largest absolute Gasteiger partial charge is 0.394 e. The first kappa shape index (κ1) is 14.7. The Morgan fingerprint density at radius 2 is 2.00 bits per heavy atom. The maximum Gasteiger partial charge on any atom is 0.242 e. The molecule has 1 aliphatic rings. The highest BCUT2D eigenvalue weighted by Crippen LogP contribution is 2.29. The van der Waals surface area contributed by atoms with Crippen molar-refractivity contribution in [3.05, 3.63) is 5.69 Å². The van der Waals surface area contributed by atoms with E-state index in [1.165, 1.54) is 0 Å². The topological polar surface area (TPSA) is 67.4 Å². The lowest BCUT2D eigenvalue weighted by atomic mass is 10.1. The van der Waals surface area contributed by atoms with E-state index in [0.29, 0.717) is 12.2 Å². The van der Waals surface area contributed by atoms with Crippen LogP contribution in [0.3, 0.4) is 0 Å². The molecule has 1 amide bonds. The molecule has 0 saturated carbocycles. The van der Waals surface area contributed by atoms with Crippen molar-refractivity contribution in [3.8, 4) is 0 Å². The number of likely N-dealkylation sites (N-methyl/N-ethyl adjacent to an activating group) is 1. The molecule has 112 valence electrons. The minimum atomic E-state index is 0.164.